The highest BCUT2D eigenvalue weighted by Gasteiger charge is 2.09. The summed E-state index contributed by atoms with van der Waals surface area (Å²) in [7, 11) is 0. The van der Waals surface area contributed by atoms with Crippen molar-refractivity contribution >= 4 is 27.8 Å². The average Bonchev–Trinajstić information content (AvgIpc) is 1.85. The Labute approximate surface area is 70.4 Å². The highest BCUT2D eigenvalue weighted by atomic mass is 79.9. The Morgan fingerprint density at radius 1 is 1.73 bits per heavy atom. The van der Waals surface area contributed by atoms with Gasteiger partial charge in [-0.2, -0.15) is 0 Å². The zero-order chi connectivity index (χ0) is 8.43. The zero-order valence-electron chi connectivity index (χ0n) is 5.28. The maximum atomic E-state index is 10.4. The normalized spacial score (nSPS) is 9.55. The molecule has 11 heavy (non-hydrogen) atoms. The van der Waals surface area contributed by atoms with E-state index in [9.17, 15) is 4.79 Å². The third kappa shape index (κ3) is 1.64. The quantitative estimate of drug-likeness (QED) is 0.670. The monoisotopic (exact) mass is 217 g/mol. The molecule has 0 aliphatic heterocycles. The summed E-state index contributed by atoms with van der Waals surface area (Å²) in [6.45, 7) is 0. The summed E-state index contributed by atoms with van der Waals surface area (Å²) >= 11 is 2.94. The van der Waals surface area contributed by atoms with Crippen LogP contribution in [0.25, 0.3) is 0 Å². The number of anilines is 1. The van der Waals surface area contributed by atoms with Gasteiger partial charge in [-0.25, -0.2) is 14.8 Å². The predicted molar refractivity (Wildman–Crippen MR) is 41.1 cm³/mol. The van der Waals surface area contributed by atoms with E-state index in [0.29, 0.717) is 0 Å². The van der Waals surface area contributed by atoms with Crippen LogP contribution >= 0.6 is 15.9 Å². The fourth-order valence-electron chi connectivity index (χ4n) is 0.517. The van der Waals surface area contributed by atoms with E-state index in [1.807, 2.05) is 0 Å². The van der Waals surface area contributed by atoms with Crippen LogP contribution in [0, 0.1) is 0 Å². The fraction of sp³-hybridized carbons (Fsp3) is 0. The minimum absolute atomic E-state index is 0.000741. The van der Waals surface area contributed by atoms with Crippen molar-refractivity contribution in [2.75, 3.05) is 5.73 Å². The molecular weight excluding hydrogens is 214 g/mol. The van der Waals surface area contributed by atoms with Crippen molar-refractivity contribution in [2.45, 2.75) is 0 Å². The van der Waals surface area contributed by atoms with Gasteiger partial charge in [-0.1, -0.05) is 0 Å². The molecule has 1 aromatic heterocycles. The van der Waals surface area contributed by atoms with Crippen LogP contribution < -0.4 is 5.73 Å². The Kier molecular flexibility index (Phi) is 2.04. The molecule has 0 bridgehead atoms. The van der Waals surface area contributed by atoms with Crippen LogP contribution in [0.5, 0.6) is 0 Å². The third-order valence-electron chi connectivity index (χ3n) is 0.991. The molecule has 5 nitrogen and oxygen atoms in total. The molecule has 0 amide bonds. The van der Waals surface area contributed by atoms with E-state index in [4.69, 9.17) is 10.8 Å². The second kappa shape index (κ2) is 2.83. The second-order valence-electron chi connectivity index (χ2n) is 1.74. The molecule has 1 rings (SSSR count). The first-order chi connectivity index (χ1) is 5.11. The molecule has 6 heteroatoms. The highest BCUT2D eigenvalue weighted by molar-refractivity contribution is 9.10. The number of nitrogens with two attached hydrogens (primary N) is 1. The lowest BCUT2D eigenvalue weighted by molar-refractivity contribution is 0.0695. The molecule has 3 N–H and O–H groups in total. The maximum absolute atomic E-state index is 10.4. The summed E-state index contributed by atoms with van der Waals surface area (Å²) in [5.74, 6) is -1.04. The van der Waals surface area contributed by atoms with Gasteiger partial charge in [0.15, 0.2) is 0 Å². The molecule has 0 fully saturated rings. The number of carboxylic acid groups (broad SMARTS) is 1. The van der Waals surface area contributed by atoms with Crippen LogP contribution in [0.15, 0.2) is 10.8 Å². The Hall–Kier alpha value is -1.17. The molecule has 1 heterocycles. The van der Waals surface area contributed by atoms with Crippen LogP contribution in [0.4, 0.5) is 5.95 Å². The molecule has 0 atom stereocenters. The lowest BCUT2D eigenvalue weighted by atomic mass is 10.3. The number of halogens is 1. The summed E-state index contributed by atoms with van der Waals surface area (Å²) in [5.41, 5.74) is 5.18. The van der Waals surface area contributed by atoms with E-state index in [1.165, 1.54) is 0 Å². The molecule has 0 saturated carbocycles. The molecule has 0 spiro atoms. The first kappa shape index (κ1) is 7.93. The van der Waals surface area contributed by atoms with Gasteiger partial charge in [-0.3, -0.25) is 0 Å². The lowest BCUT2D eigenvalue weighted by Gasteiger charge is -1.96. The predicted octanol–water partition coefficient (Wildman–Crippen LogP) is 0.520. The van der Waals surface area contributed by atoms with E-state index >= 15 is 0 Å². The Balaban J connectivity index is 3.20. The van der Waals surface area contributed by atoms with Crippen LogP contribution in [-0.4, -0.2) is 21.0 Å². The van der Waals surface area contributed by atoms with Gasteiger partial charge in [-0.05, 0) is 15.9 Å². The van der Waals surface area contributed by atoms with Crippen LogP contribution in [0.1, 0.15) is 10.4 Å². The van der Waals surface area contributed by atoms with Gasteiger partial charge in [0.25, 0.3) is 0 Å². The zero-order valence-corrected chi connectivity index (χ0v) is 6.87. The highest BCUT2D eigenvalue weighted by Crippen LogP contribution is 2.12. The topological polar surface area (TPSA) is 89.1 Å². The van der Waals surface area contributed by atoms with Crippen molar-refractivity contribution in [1.82, 2.24) is 9.97 Å². The third-order valence-corrected chi connectivity index (χ3v) is 1.60. The minimum Gasteiger partial charge on any atom is -0.478 e. The van der Waals surface area contributed by atoms with Crippen LogP contribution in [-0.2, 0) is 0 Å². The van der Waals surface area contributed by atoms with Crippen molar-refractivity contribution in [1.29, 1.82) is 0 Å². The van der Waals surface area contributed by atoms with Gasteiger partial charge in [0, 0.05) is 6.20 Å². The molecule has 0 radical (unpaired) electrons. The molecule has 0 saturated heterocycles. The number of carboxylic acids is 1. The summed E-state index contributed by atoms with van der Waals surface area (Å²) in [6.07, 6.45) is 1.15. The van der Waals surface area contributed by atoms with Gasteiger partial charge in [0.05, 0.1) is 0 Å². The van der Waals surface area contributed by atoms with Gasteiger partial charge < -0.3 is 10.8 Å². The molecule has 0 unspecified atom stereocenters. The van der Waals surface area contributed by atoms with Crippen LogP contribution in [0.3, 0.4) is 0 Å². The second-order valence-corrected chi connectivity index (χ2v) is 2.49. The van der Waals surface area contributed by atoms with E-state index in [1.54, 1.807) is 0 Å². The minimum atomic E-state index is -1.09. The number of hydrogen-bond donors (Lipinski definition) is 2. The molecular formula is C5H4BrN3O2. The van der Waals surface area contributed by atoms with Crippen molar-refractivity contribution in [3.8, 4) is 0 Å². The van der Waals surface area contributed by atoms with E-state index < -0.39 is 5.97 Å². The number of carbonyl (C=O) groups is 1. The lowest BCUT2D eigenvalue weighted by Crippen LogP contribution is -2.03. The number of aromatic carboxylic acids is 1. The van der Waals surface area contributed by atoms with Gasteiger partial charge in [-0.15, -0.1) is 0 Å². The SMILES string of the molecule is Nc1ncc(C(=O)O)c(Br)n1. The summed E-state index contributed by atoms with van der Waals surface area (Å²) < 4.78 is 0.192. The van der Waals surface area contributed by atoms with Gasteiger partial charge >= 0.3 is 5.97 Å². The van der Waals surface area contributed by atoms with E-state index in [0.717, 1.165) is 6.20 Å². The van der Waals surface area contributed by atoms with E-state index in [2.05, 4.69) is 25.9 Å². The van der Waals surface area contributed by atoms with Crippen molar-refractivity contribution in [3.63, 3.8) is 0 Å². The van der Waals surface area contributed by atoms with Crippen molar-refractivity contribution < 1.29 is 9.90 Å². The number of nitrogens with zero attached hydrogens (tertiary/aromatic N) is 2. The standard InChI is InChI=1S/C5H4BrN3O2/c6-3-2(4(10)11)1-8-5(7)9-3/h1H,(H,10,11)(H2,7,8,9). The van der Waals surface area contributed by atoms with Crippen LogP contribution in [0.2, 0.25) is 0 Å². The Morgan fingerprint density at radius 2 is 2.36 bits per heavy atom. The molecule has 58 valence electrons. The Bertz CT molecular complexity index is 302. The van der Waals surface area contributed by atoms with Gasteiger partial charge in [0.1, 0.15) is 10.2 Å². The average molecular weight is 218 g/mol. The number of aromatic nitrogens is 2. The summed E-state index contributed by atoms with van der Waals surface area (Å²) in [4.78, 5) is 17.5. The maximum Gasteiger partial charge on any atom is 0.340 e. The van der Waals surface area contributed by atoms with Crippen molar-refractivity contribution in [3.05, 3.63) is 16.4 Å². The van der Waals surface area contributed by atoms with Gasteiger partial charge in [0.2, 0.25) is 5.95 Å². The number of rotatable bonds is 1. The molecule has 0 aromatic carbocycles. The summed E-state index contributed by atoms with van der Waals surface area (Å²) in [6, 6.07) is 0. The number of hydrogen-bond acceptors (Lipinski definition) is 4. The first-order valence-corrected chi connectivity index (χ1v) is 3.42. The molecule has 0 aliphatic carbocycles. The Morgan fingerprint density at radius 3 is 2.82 bits per heavy atom. The first-order valence-electron chi connectivity index (χ1n) is 2.62. The molecule has 1 aromatic rings. The van der Waals surface area contributed by atoms with E-state index in [-0.39, 0.29) is 16.1 Å². The molecule has 0 aliphatic rings. The number of nitrogen functional groups attached to an aromatic ring is 1. The largest absolute Gasteiger partial charge is 0.478 e. The smallest absolute Gasteiger partial charge is 0.340 e. The van der Waals surface area contributed by atoms with Crippen molar-refractivity contribution in [2.24, 2.45) is 0 Å². The summed E-state index contributed by atoms with van der Waals surface area (Å²) in [5, 5.41) is 8.51. The fourth-order valence-corrected chi connectivity index (χ4v) is 0.971.